The smallest absolute Gasteiger partial charge is 0.298 e. The Kier molecular flexibility index (Phi) is 5.08. The first kappa shape index (κ1) is 19.8. The minimum atomic E-state index is -4.78. The Morgan fingerprint density at radius 3 is 2.53 bits per heavy atom. The topological polar surface area (TPSA) is 72.7 Å². The highest BCUT2D eigenvalue weighted by atomic mass is 32.1. The van der Waals surface area contributed by atoms with Crippen LogP contribution < -0.4 is 5.32 Å². The molecular formula is C20H14F3N5OS. The zero-order valence-corrected chi connectivity index (χ0v) is 16.3. The molecule has 1 aromatic carbocycles. The highest BCUT2D eigenvalue weighted by Crippen LogP contribution is 2.34. The predicted octanol–water partition coefficient (Wildman–Crippen LogP) is 4.97. The van der Waals surface area contributed by atoms with Crippen LogP contribution in [0.1, 0.15) is 21.6 Å². The summed E-state index contributed by atoms with van der Waals surface area (Å²) in [5.41, 5.74) is 0.478. The molecule has 0 aliphatic rings. The number of hydrogen-bond donors (Lipinski definition) is 1. The summed E-state index contributed by atoms with van der Waals surface area (Å²) in [6, 6.07) is 11.7. The molecule has 0 fully saturated rings. The number of carbonyl (C=O) groups excluding carboxylic acids is 1. The molecule has 0 unspecified atom stereocenters. The van der Waals surface area contributed by atoms with Crippen LogP contribution in [0.2, 0.25) is 0 Å². The molecule has 3 aromatic heterocycles. The maximum absolute atomic E-state index is 13.8. The van der Waals surface area contributed by atoms with Gasteiger partial charge in [0, 0.05) is 11.6 Å². The van der Waals surface area contributed by atoms with Crippen LogP contribution in [-0.4, -0.2) is 25.7 Å². The normalized spacial score (nSPS) is 11.5. The number of nitrogens with one attached hydrogen (secondary N) is 1. The van der Waals surface area contributed by atoms with E-state index >= 15 is 0 Å². The largest absolute Gasteiger partial charge is 0.434 e. The van der Waals surface area contributed by atoms with Crippen molar-refractivity contribution in [2.45, 2.75) is 13.1 Å². The van der Waals surface area contributed by atoms with Gasteiger partial charge in [0.15, 0.2) is 10.8 Å². The molecule has 0 spiro atoms. The molecule has 1 amide bonds. The second-order valence-electron chi connectivity index (χ2n) is 6.36. The van der Waals surface area contributed by atoms with Crippen molar-refractivity contribution >= 4 is 22.4 Å². The molecule has 6 nitrogen and oxygen atoms in total. The van der Waals surface area contributed by atoms with Gasteiger partial charge in [0.2, 0.25) is 0 Å². The number of halogens is 3. The Morgan fingerprint density at radius 2 is 1.87 bits per heavy atom. The van der Waals surface area contributed by atoms with Gasteiger partial charge in [-0.3, -0.25) is 15.1 Å². The monoisotopic (exact) mass is 429 g/mol. The highest BCUT2D eigenvalue weighted by molar-refractivity contribution is 7.14. The van der Waals surface area contributed by atoms with Crippen LogP contribution in [0.5, 0.6) is 0 Å². The molecule has 1 N–H and O–H groups in total. The number of anilines is 1. The fourth-order valence-electron chi connectivity index (χ4n) is 2.80. The second kappa shape index (κ2) is 7.71. The van der Waals surface area contributed by atoms with Crippen molar-refractivity contribution in [1.82, 2.24) is 19.7 Å². The Labute approximate surface area is 173 Å². The number of benzene rings is 1. The number of alkyl halides is 3. The van der Waals surface area contributed by atoms with E-state index < -0.39 is 23.3 Å². The molecule has 0 atom stereocenters. The van der Waals surface area contributed by atoms with Crippen molar-refractivity contribution in [3.05, 3.63) is 77.1 Å². The highest BCUT2D eigenvalue weighted by Gasteiger charge is 2.40. The van der Waals surface area contributed by atoms with E-state index in [1.165, 1.54) is 12.1 Å². The van der Waals surface area contributed by atoms with Gasteiger partial charge >= 0.3 is 6.18 Å². The number of thiazole rings is 1. The molecule has 0 saturated carbocycles. The predicted molar refractivity (Wildman–Crippen MR) is 107 cm³/mol. The third-order valence-corrected chi connectivity index (χ3v) is 4.97. The van der Waals surface area contributed by atoms with E-state index in [0.29, 0.717) is 11.4 Å². The number of carbonyl (C=O) groups is 1. The number of aromatic nitrogens is 4. The van der Waals surface area contributed by atoms with E-state index in [4.69, 9.17) is 0 Å². The van der Waals surface area contributed by atoms with E-state index in [9.17, 15) is 18.0 Å². The summed E-state index contributed by atoms with van der Waals surface area (Å²) >= 11 is 1.09. The lowest BCUT2D eigenvalue weighted by Crippen LogP contribution is -2.20. The maximum atomic E-state index is 13.8. The summed E-state index contributed by atoms with van der Waals surface area (Å²) < 4.78 is 42.0. The zero-order chi connectivity index (χ0) is 21.3. The zero-order valence-electron chi connectivity index (χ0n) is 15.5. The Bertz CT molecular complexity index is 1180. The first-order valence-electron chi connectivity index (χ1n) is 8.73. The van der Waals surface area contributed by atoms with Crippen molar-refractivity contribution in [3.63, 3.8) is 0 Å². The van der Waals surface area contributed by atoms with Gasteiger partial charge in [-0.15, -0.1) is 11.3 Å². The molecule has 152 valence electrons. The van der Waals surface area contributed by atoms with E-state index in [2.05, 4.69) is 20.4 Å². The molecule has 0 radical (unpaired) electrons. The molecule has 0 bridgehead atoms. The third kappa shape index (κ3) is 3.94. The number of aryl methyl sites for hydroxylation is 1. The maximum Gasteiger partial charge on any atom is 0.434 e. The number of rotatable bonds is 4. The summed E-state index contributed by atoms with van der Waals surface area (Å²) in [6.07, 6.45) is -2.27. The van der Waals surface area contributed by atoms with Crippen LogP contribution in [0.25, 0.3) is 17.1 Å². The molecular weight excluding hydrogens is 415 g/mol. The van der Waals surface area contributed by atoms with Crippen LogP contribution >= 0.6 is 11.3 Å². The van der Waals surface area contributed by atoms with E-state index in [1.807, 2.05) is 6.92 Å². The molecule has 4 aromatic rings. The SMILES string of the molecule is Cc1ccc(-n2ncc(C(=O)Nc3nc(-c4ccccn4)cs3)c2C(F)(F)F)cc1. The standard InChI is InChI=1S/C20H14F3N5OS/c1-12-5-7-13(8-6-12)28-17(20(21,22)23)14(10-25-28)18(29)27-19-26-16(11-30-19)15-4-2-3-9-24-15/h2-11H,1H3,(H,26,27,29). The Balaban J connectivity index is 1.65. The van der Waals surface area contributed by atoms with Crippen LogP contribution in [0.4, 0.5) is 18.3 Å². The van der Waals surface area contributed by atoms with Crippen LogP contribution in [-0.2, 0) is 6.18 Å². The van der Waals surface area contributed by atoms with Gasteiger partial charge < -0.3 is 0 Å². The number of nitrogens with zero attached hydrogens (tertiary/aromatic N) is 4. The van der Waals surface area contributed by atoms with Crippen molar-refractivity contribution in [3.8, 4) is 17.1 Å². The molecule has 3 heterocycles. The summed E-state index contributed by atoms with van der Waals surface area (Å²) in [4.78, 5) is 21.0. The number of amides is 1. The van der Waals surface area contributed by atoms with Crippen molar-refractivity contribution in [2.75, 3.05) is 5.32 Å². The lowest BCUT2D eigenvalue weighted by atomic mass is 10.2. The van der Waals surface area contributed by atoms with E-state index in [-0.39, 0.29) is 10.8 Å². The lowest BCUT2D eigenvalue weighted by molar-refractivity contribution is -0.143. The van der Waals surface area contributed by atoms with Crippen LogP contribution in [0.15, 0.2) is 60.2 Å². The van der Waals surface area contributed by atoms with Crippen molar-refractivity contribution < 1.29 is 18.0 Å². The first-order chi connectivity index (χ1) is 14.3. The Hall–Kier alpha value is -3.53. The fourth-order valence-corrected chi connectivity index (χ4v) is 3.50. The minimum absolute atomic E-state index is 0.164. The van der Waals surface area contributed by atoms with Gasteiger partial charge in [-0.25, -0.2) is 9.67 Å². The Morgan fingerprint density at radius 1 is 1.10 bits per heavy atom. The van der Waals surface area contributed by atoms with Crippen LogP contribution in [0.3, 0.4) is 0 Å². The average Bonchev–Trinajstić information content (AvgIpc) is 3.36. The van der Waals surface area contributed by atoms with Gasteiger partial charge in [0.25, 0.3) is 5.91 Å². The molecule has 4 rings (SSSR count). The number of hydrogen-bond acceptors (Lipinski definition) is 5. The van der Waals surface area contributed by atoms with Crippen molar-refractivity contribution in [2.24, 2.45) is 0 Å². The van der Waals surface area contributed by atoms with Gasteiger partial charge in [-0.1, -0.05) is 23.8 Å². The quantitative estimate of drug-likeness (QED) is 0.497. The van der Waals surface area contributed by atoms with Gasteiger partial charge in [-0.05, 0) is 31.2 Å². The third-order valence-electron chi connectivity index (χ3n) is 4.21. The average molecular weight is 429 g/mol. The summed E-state index contributed by atoms with van der Waals surface area (Å²) in [7, 11) is 0. The lowest BCUT2D eigenvalue weighted by Gasteiger charge is -2.12. The molecule has 0 aliphatic heterocycles. The van der Waals surface area contributed by atoms with Crippen LogP contribution in [0, 0.1) is 6.92 Å². The number of pyridine rings is 1. The first-order valence-corrected chi connectivity index (χ1v) is 9.61. The fraction of sp³-hybridized carbons (Fsp3) is 0.100. The molecule has 30 heavy (non-hydrogen) atoms. The van der Waals surface area contributed by atoms with E-state index in [1.54, 1.807) is 41.9 Å². The van der Waals surface area contributed by atoms with E-state index in [0.717, 1.165) is 27.8 Å². The molecule has 10 heteroatoms. The summed E-state index contributed by atoms with van der Waals surface area (Å²) in [6.45, 7) is 1.82. The van der Waals surface area contributed by atoms with Gasteiger partial charge in [0.1, 0.15) is 5.69 Å². The summed E-state index contributed by atoms with van der Waals surface area (Å²) in [5, 5.41) is 8.06. The van der Waals surface area contributed by atoms with Gasteiger partial charge in [0.05, 0.1) is 23.1 Å². The minimum Gasteiger partial charge on any atom is -0.298 e. The summed E-state index contributed by atoms with van der Waals surface area (Å²) in [5.74, 6) is -0.942. The molecule has 0 saturated heterocycles. The molecule has 0 aliphatic carbocycles. The second-order valence-corrected chi connectivity index (χ2v) is 7.22. The van der Waals surface area contributed by atoms with Crippen molar-refractivity contribution in [1.29, 1.82) is 0 Å². The van der Waals surface area contributed by atoms with Gasteiger partial charge in [-0.2, -0.15) is 18.3 Å².